The Morgan fingerprint density at radius 3 is 2.60 bits per heavy atom. The minimum atomic E-state index is -4.43. The standard InChI is InChI=1S/C13H9ClF3NOS/c14-11-5-4-10(20-11)7-12(19)18-9-3-1-2-8(6-9)13(15,16)17/h1-6H,7H2,(H,18,19). The van der Waals surface area contributed by atoms with Crippen molar-refractivity contribution in [1.29, 1.82) is 0 Å². The molecule has 0 radical (unpaired) electrons. The summed E-state index contributed by atoms with van der Waals surface area (Å²) in [6.45, 7) is 0. The third-order valence-corrected chi connectivity index (χ3v) is 3.67. The second-order valence-corrected chi connectivity index (χ2v) is 5.81. The van der Waals surface area contributed by atoms with Crippen molar-refractivity contribution in [2.24, 2.45) is 0 Å². The van der Waals surface area contributed by atoms with E-state index in [0.717, 1.165) is 17.0 Å². The molecule has 0 fully saturated rings. The number of anilines is 1. The molecule has 0 spiro atoms. The zero-order valence-corrected chi connectivity index (χ0v) is 11.6. The van der Waals surface area contributed by atoms with Crippen molar-refractivity contribution < 1.29 is 18.0 Å². The maximum atomic E-state index is 12.5. The van der Waals surface area contributed by atoms with E-state index < -0.39 is 11.7 Å². The SMILES string of the molecule is O=C(Cc1ccc(Cl)s1)Nc1cccc(C(F)(F)F)c1. The Morgan fingerprint density at radius 2 is 2.00 bits per heavy atom. The molecule has 0 aliphatic heterocycles. The Balaban J connectivity index is 2.04. The largest absolute Gasteiger partial charge is 0.416 e. The minimum absolute atomic E-state index is 0.0770. The van der Waals surface area contributed by atoms with Gasteiger partial charge in [0, 0.05) is 10.6 Å². The molecule has 1 heterocycles. The van der Waals surface area contributed by atoms with Crippen molar-refractivity contribution in [3.05, 3.63) is 51.2 Å². The number of alkyl halides is 3. The van der Waals surface area contributed by atoms with Gasteiger partial charge in [0.2, 0.25) is 5.91 Å². The van der Waals surface area contributed by atoms with Crippen LogP contribution in [0.3, 0.4) is 0 Å². The quantitative estimate of drug-likeness (QED) is 0.880. The molecule has 20 heavy (non-hydrogen) atoms. The maximum absolute atomic E-state index is 12.5. The Kier molecular flexibility index (Phi) is 4.35. The van der Waals surface area contributed by atoms with Gasteiger partial charge in [-0.25, -0.2) is 0 Å². The fraction of sp³-hybridized carbons (Fsp3) is 0.154. The molecule has 106 valence electrons. The van der Waals surface area contributed by atoms with Crippen LogP contribution in [0.2, 0.25) is 4.34 Å². The van der Waals surface area contributed by atoms with Gasteiger partial charge in [0.05, 0.1) is 16.3 Å². The van der Waals surface area contributed by atoms with Gasteiger partial charge >= 0.3 is 6.18 Å². The van der Waals surface area contributed by atoms with E-state index in [1.165, 1.54) is 23.5 Å². The van der Waals surface area contributed by atoms with Crippen LogP contribution < -0.4 is 5.32 Å². The number of amides is 1. The molecule has 0 unspecified atom stereocenters. The molecule has 0 aliphatic rings. The van der Waals surface area contributed by atoms with Crippen LogP contribution in [0.1, 0.15) is 10.4 Å². The fourth-order valence-corrected chi connectivity index (χ4v) is 2.67. The van der Waals surface area contributed by atoms with Crippen LogP contribution in [0.5, 0.6) is 0 Å². The van der Waals surface area contributed by atoms with Gasteiger partial charge in [-0.15, -0.1) is 11.3 Å². The van der Waals surface area contributed by atoms with Gasteiger partial charge in [0.15, 0.2) is 0 Å². The molecule has 0 saturated heterocycles. The number of hydrogen-bond donors (Lipinski definition) is 1. The Hall–Kier alpha value is -1.53. The number of thiophene rings is 1. The van der Waals surface area contributed by atoms with Crippen molar-refractivity contribution in [3.8, 4) is 0 Å². The summed E-state index contributed by atoms with van der Waals surface area (Å²) in [5.41, 5.74) is -0.679. The lowest BCUT2D eigenvalue weighted by Crippen LogP contribution is -2.14. The summed E-state index contributed by atoms with van der Waals surface area (Å²) in [7, 11) is 0. The van der Waals surface area contributed by atoms with E-state index in [1.54, 1.807) is 12.1 Å². The minimum Gasteiger partial charge on any atom is -0.326 e. The van der Waals surface area contributed by atoms with Gasteiger partial charge in [0.1, 0.15) is 0 Å². The van der Waals surface area contributed by atoms with Crippen molar-refractivity contribution in [3.63, 3.8) is 0 Å². The lowest BCUT2D eigenvalue weighted by atomic mass is 10.2. The van der Waals surface area contributed by atoms with E-state index in [0.29, 0.717) is 4.34 Å². The van der Waals surface area contributed by atoms with E-state index in [-0.39, 0.29) is 18.0 Å². The Morgan fingerprint density at radius 1 is 1.25 bits per heavy atom. The predicted octanol–water partition coefficient (Wildman–Crippen LogP) is 4.60. The zero-order valence-electron chi connectivity index (χ0n) is 10.00. The number of nitrogens with one attached hydrogen (secondary N) is 1. The first-order valence-electron chi connectivity index (χ1n) is 5.56. The summed E-state index contributed by atoms with van der Waals surface area (Å²) in [4.78, 5) is 12.5. The van der Waals surface area contributed by atoms with Gasteiger partial charge in [-0.2, -0.15) is 13.2 Å². The van der Waals surface area contributed by atoms with Crippen molar-refractivity contribution in [2.75, 3.05) is 5.32 Å². The van der Waals surface area contributed by atoms with Crippen LogP contribution in [0, 0.1) is 0 Å². The molecule has 2 nitrogen and oxygen atoms in total. The third-order valence-electron chi connectivity index (χ3n) is 2.44. The highest BCUT2D eigenvalue weighted by Gasteiger charge is 2.30. The zero-order chi connectivity index (χ0) is 14.8. The summed E-state index contributed by atoms with van der Waals surface area (Å²) in [5.74, 6) is -0.386. The van der Waals surface area contributed by atoms with Gasteiger partial charge in [-0.3, -0.25) is 4.79 Å². The van der Waals surface area contributed by atoms with Crippen LogP contribution in [0.25, 0.3) is 0 Å². The molecule has 0 atom stereocenters. The maximum Gasteiger partial charge on any atom is 0.416 e. The van der Waals surface area contributed by atoms with E-state index >= 15 is 0 Å². The highest BCUT2D eigenvalue weighted by atomic mass is 35.5. The summed E-state index contributed by atoms with van der Waals surface area (Å²) in [6, 6.07) is 7.89. The number of halogens is 4. The van der Waals surface area contributed by atoms with E-state index in [1.807, 2.05) is 0 Å². The highest BCUT2D eigenvalue weighted by Crippen LogP contribution is 2.30. The summed E-state index contributed by atoms with van der Waals surface area (Å²) >= 11 is 7.00. The molecule has 1 aromatic heterocycles. The van der Waals surface area contributed by atoms with Crippen LogP contribution in [0.15, 0.2) is 36.4 Å². The molecule has 1 amide bonds. The highest BCUT2D eigenvalue weighted by molar-refractivity contribution is 7.16. The molecule has 2 rings (SSSR count). The molecule has 7 heteroatoms. The molecular weight excluding hydrogens is 311 g/mol. The lowest BCUT2D eigenvalue weighted by Gasteiger charge is -2.09. The average Bonchev–Trinajstić information content (AvgIpc) is 2.73. The smallest absolute Gasteiger partial charge is 0.326 e. The number of benzene rings is 1. The van der Waals surface area contributed by atoms with Gasteiger partial charge < -0.3 is 5.32 Å². The summed E-state index contributed by atoms with van der Waals surface area (Å²) < 4.78 is 38.1. The van der Waals surface area contributed by atoms with Gasteiger partial charge in [-0.1, -0.05) is 17.7 Å². The summed E-state index contributed by atoms with van der Waals surface area (Å²) in [6.07, 6.45) is -4.35. The molecular formula is C13H9ClF3NOS. The topological polar surface area (TPSA) is 29.1 Å². The number of rotatable bonds is 3. The molecule has 0 saturated carbocycles. The Bertz CT molecular complexity index is 624. The van der Waals surface area contributed by atoms with Gasteiger partial charge in [-0.05, 0) is 30.3 Å². The van der Waals surface area contributed by atoms with Crippen LogP contribution in [0.4, 0.5) is 18.9 Å². The lowest BCUT2D eigenvalue weighted by molar-refractivity contribution is -0.137. The van der Waals surface area contributed by atoms with Crippen LogP contribution >= 0.6 is 22.9 Å². The number of carbonyl (C=O) groups is 1. The van der Waals surface area contributed by atoms with E-state index in [9.17, 15) is 18.0 Å². The van der Waals surface area contributed by atoms with Crippen molar-refractivity contribution >= 4 is 34.5 Å². The molecule has 1 N–H and O–H groups in total. The summed E-state index contributed by atoms with van der Waals surface area (Å²) in [5, 5.41) is 2.44. The monoisotopic (exact) mass is 319 g/mol. The van der Waals surface area contributed by atoms with E-state index in [4.69, 9.17) is 11.6 Å². The predicted molar refractivity (Wildman–Crippen MR) is 73.1 cm³/mol. The molecule has 0 bridgehead atoms. The van der Waals surface area contributed by atoms with Gasteiger partial charge in [0.25, 0.3) is 0 Å². The average molecular weight is 320 g/mol. The number of carbonyl (C=O) groups excluding carboxylic acids is 1. The first-order chi connectivity index (χ1) is 9.34. The van der Waals surface area contributed by atoms with Crippen molar-refractivity contribution in [1.82, 2.24) is 0 Å². The van der Waals surface area contributed by atoms with Crippen LogP contribution in [-0.2, 0) is 17.4 Å². The fourth-order valence-electron chi connectivity index (χ4n) is 1.58. The molecule has 2 aromatic rings. The molecule has 1 aromatic carbocycles. The van der Waals surface area contributed by atoms with Crippen molar-refractivity contribution in [2.45, 2.75) is 12.6 Å². The third kappa shape index (κ3) is 3.98. The molecule has 0 aliphatic carbocycles. The second kappa shape index (κ2) is 5.85. The van der Waals surface area contributed by atoms with E-state index in [2.05, 4.69) is 5.32 Å². The van der Waals surface area contributed by atoms with Crippen LogP contribution in [-0.4, -0.2) is 5.91 Å². The Labute approximate surface area is 122 Å². The second-order valence-electron chi connectivity index (χ2n) is 4.01. The number of hydrogen-bond acceptors (Lipinski definition) is 2. The first-order valence-corrected chi connectivity index (χ1v) is 6.75. The normalized spacial score (nSPS) is 11.4. The first kappa shape index (κ1) is 14.9.